The predicted molar refractivity (Wildman–Crippen MR) is 64.2 cm³/mol. The monoisotopic (exact) mass is 227 g/mol. The number of nitrogens with zero attached hydrogens (tertiary/aromatic N) is 4. The lowest BCUT2D eigenvalue weighted by atomic mass is 10.2. The number of hydrogen-bond donors (Lipinski definition) is 1. The number of hydrogen-bond acceptors (Lipinski definition) is 4. The molecular weight excluding hydrogens is 214 g/mol. The van der Waals surface area contributed by atoms with E-state index in [2.05, 4.69) is 21.5 Å². The van der Waals surface area contributed by atoms with Gasteiger partial charge in [-0.15, -0.1) is 0 Å². The first-order valence-corrected chi connectivity index (χ1v) is 5.29. The summed E-state index contributed by atoms with van der Waals surface area (Å²) in [5, 5.41) is 16.2. The third-order valence-electron chi connectivity index (χ3n) is 2.51. The Balaban J connectivity index is 2.17. The maximum Gasteiger partial charge on any atom is 0.144 e. The Labute approximate surface area is 99.7 Å². The first kappa shape index (κ1) is 11.1. The highest BCUT2D eigenvalue weighted by Gasteiger charge is 2.04. The second-order valence-electron chi connectivity index (χ2n) is 3.76. The molecule has 0 bridgehead atoms. The van der Waals surface area contributed by atoms with Gasteiger partial charge in [0.25, 0.3) is 0 Å². The Kier molecular flexibility index (Phi) is 3.06. The SMILES string of the molecule is Cc1ccc(C#N)c(NCc2ccnn2C)n1. The molecule has 0 amide bonds. The van der Waals surface area contributed by atoms with Gasteiger partial charge in [0.05, 0.1) is 17.8 Å². The smallest absolute Gasteiger partial charge is 0.144 e. The van der Waals surface area contributed by atoms with Crippen LogP contribution in [-0.4, -0.2) is 14.8 Å². The van der Waals surface area contributed by atoms with Crippen LogP contribution in [0.25, 0.3) is 0 Å². The molecule has 2 aromatic heterocycles. The van der Waals surface area contributed by atoms with E-state index in [0.29, 0.717) is 17.9 Å². The molecule has 2 rings (SSSR count). The van der Waals surface area contributed by atoms with Crippen molar-refractivity contribution in [2.75, 3.05) is 5.32 Å². The lowest BCUT2D eigenvalue weighted by Crippen LogP contribution is -2.08. The molecule has 17 heavy (non-hydrogen) atoms. The molecule has 2 heterocycles. The molecule has 86 valence electrons. The number of aryl methyl sites for hydroxylation is 2. The van der Waals surface area contributed by atoms with E-state index >= 15 is 0 Å². The maximum atomic E-state index is 8.97. The zero-order valence-electron chi connectivity index (χ0n) is 9.81. The zero-order chi connectivity index (χ0) is 12.3. The van der Waals surface area contributed by atoms with Crippen LogP contribution in [0, 0.1) is 18.3 Å². The van der Waals surface area contributed by atoms with Gasteiger partial charge in [-0.1, -0.05) is 0 Å². The Morgan fingerprint density at radius 2 is 2.24 bits per heavy atom. The average molecular weight is 227 g/mol. The van der Waals surface area contributed by atoms with Gasteiger partial charge in [-0.2, -0.15) is 10.4 Å². The first-order valence-electron chi connectivity index (χ1n) is 5.29. The summed E-state index contributed by atoms with van der Waals surface area (Å²) in [6.45, 7) is 2.50. The van der Waals surface area contributed by atoms with Gasteiger partial charge in [-0.3, -0.25) is 4.68 Å². The molecule has 0 aliphatic carbocycles. The molecule has 0 aromatic carbocycles. The lowest BCUT2D eigenvalue weighted by Gasteiger charge is -2.08. The highest BCUT2D eigenvalue weighted by atomic mass is 15.3. The van der Waals surface area contributed by atoms with Gasteiger partial charge in [0.1, 0.15) is 11.9 Å². The van der Waals surface area contributed by atoms with E-state index in [1.54, 1.807) is 16.9 Å². The van der Waals surface area contributed by atoms with Gasteiger partial charge in [0.15, 0.2) is 0 Å². The minimum Gasteiger partial charge on any atom is -0.363 e. The molecular formula is C12H13N5. The Bertz CT molecular complexity index is 565. The van der Waals surface area contributed by atoms with E-state index in [-0.39, 0.29) is 0 Å². The van der Waals surface area contributed by atoms with Gasteiger partial charge < -0.3 is 5.32 Å². The van der Waals surface area contributed by atoms with Crippen molar-refractivity contribution in [1.29, 1.82) is 5.26 Å². The molecule has 0 fully saturated rings. The quantitative estimate of drug-likeness (QED) is 0.865. The number of pyridine rings is 1. The lowest BCUT2D eigenvalue weighted by molar-refractivity contribution is 0.720. The van der Waals surface area contributed by atoms with Crippen molar-refractivity contribution >= 4 is 5.82 Å². The van der Waals surface area contributed by atoms with Crippen molar-refractivity contribution in [3.05, 3.63) is 41.3 Å². The second-order valence-corrected chi connectivity index (χ2v) is 3.76. The summed E-state index contributed by atoms with van der Waals surface area (Å²) in [5.41, 5.74) is 2.48. The van der Waals surface area contributed by atoms with Crippen LogP contribution in [0.2, 0.25) is 0 Å². The Hall–Kier alpha value is -2.35. The maximum absolute atomic E-state index is 8.97. The minimum atomic E-state index is 0.553. The average Bonchev–Trinajstić information content (AvgIpc) is 2.72. The van der Waals surface area contributed by atoms with Crippen LogP contribution in [0.5, 0.6) is 0 Å². The fraction of sp³-hybridized carbons (Fsp3) is 0.250. The van der Waals surface area contributed by atoms with Crippen molar-refractivity contribution < 1.29 is 0 Å². The molecule has 0 spiro atoms. The van der Waals surface area contributed by atoms with Crippen LogP contribution in [0.15, 0.2) is 24.4 Å². The first-order chi connectivity index (χ1) is 8.20. The topological polar surface area (TPSA) is 66.5 Å². The van der Waals surface area contributed by atoms with Crippen molar-refractivity contribution in [3.8, 4) is 6.07 Å². The molecule has 0 saturated carbocycles. The van der Waals surface area contributed by atoms with E-state index in [4.69, 9.17) is 5.26 Å². The molecule has 5 nitrogen and oxygen atoms in total. The summed E-state index contributed by atoms with van der Waals surface area (Å²) in [6.07, 6.45) is 1.74. The summed E-state index contributed by atoms with van der Waals surface area (Å²) in [7, 11) is 1.88. The van der Waals surface area contributed by atoms with Gasteiger partial charge in [-0.05, 0) is 25.1 Å². The number of anilines is 1. The third-order valence-corrected chi connectivity index (χ3v) is 2.51. The third kappa shape index (κ3) is 2.42. The molecule has 2 aromatic rings. The molecule has 1 N–H and O–H groups in total. The van der Waals surface area contributed by atoms with Gasteiger partial charge in [-0.25, -0.2) is 4.98 Å². The van der Waals surface area contributed by atoms with Gasteiger partial charge in [0.2, 0.25) is 0 Å². The zero-order valence-corrected chi connectivity index (χ0v) is 9.81. The number of nitriles is 1. The van der Waals surface area contributed by atoms with Crippen molar-refractivity contribution in [3.63, 3.8) is 0 Å². The fourth-order valence-electron chi connectivity index (χ4n) is 1.53. The Morgan fingerprint density at radius 1 is 1.41 bits per heavy atom. The largest absolute Gasteiger partial charge is 0.363 e. The standard InChI is InChI=1S/C12H13N5/c1-9-3-4-10(7-13)12(16-9)14-8-11-5-6-15-17(11)2/h3-6H,8H2,1-2H3,(H,14,16). The van der Waals surface area contributed by atoms with Crippen molar-refractivity contribution in [1.82, 2.24) is 14.8 Å². The van der Waals surface area contributed by atoms with Crippen LogP contribution in [0.4, 0.5) is 5.82 Å². The summed E-state index contributed by atoms with van der Waals surface area (Å²) in [5.74, 6) is 0.619. The van der Waals surface area contributed by atoms with E-state index in [0.717, 1.165) is 11.4 Å². The summed E-state index contributed by atoms with van der Waals surface area (Å²) >= 11 is 0. The second kappa shape index (κ2) is 4.66. The summed E-state index contributed by atoms with van der Waals surface area (Å²) in [6, 6.07) is 7.64. The number of rotatable bonds is 3. The number of nitrogens with one attached hydrogen (secondary N) is 1. The highest BCUT2D eigenvalue weighted by molar-refractivity contribution is 5.52. The molecule has 0 aliphatic heterocycles. The molecule has 0 radical (unpaired) electrons. The van der Waals surface area contributed by atoms with E-state index in [9.17, 15) is 0 Å². The molecule has 0 unspecified atom stereocenters. The van der Waals surface area contributed by atoms with Crippen molar-refractivity contribution in [2.45, 2.75) is 13.5 Å². The van der Waals surface area contributed by atoms with Crippen LogP contribution < -0.4 is 5.32 Å². The van der Waals surface area contributed by atoms with E-state index < -0.39 is 0 Å². The van der Waals surface area contributed by atoms with E-state index in [1.807, 2.05) is 26.1 Å². The predicted octanol–water partition coefficient (Wildman–Crippen LogP) is 1.61. The van der Waals surface area contributed by atoms with E-state index in [1.165, 1.54) is 0 Å². The Morgan fingerprint density at radius 3 is 2.88 bits per heavy atom. The summed E-state index contributed by atoms with van der Waals surface area (Å²) < 4.78 is 1.79. The molecule has 0 aliphatic rings. The van der Waals surface area contributed by atoms with Gasteiger partial charge in [0, 0.05) is 18.9 Å². The minimum absolute atomic E-state index is 0.553. The van der Waals surface area contributed by atoms with Crippen LogP contribution >= 0.6 is 0 Å². The highest BCUT2D eigenvalue weighted by Crippen LogP contribution is 2.13. The van der Waals surface area contributed by atoms with Gasteiger partial charge >= 0.3 is 0 Å². The fourth-order valence-corrected chi connectivity index (χ4v) is 1.53. The molecule has 5 heteroatoms. The van der Waals surface area contributed by atoms with Crippen molar-refractivity contribution in [2.24, 2.45) is 7.05 Å². The van der Waals surface area contributed by atoms with Crippen LogP contribution in [-0.2, 0) is 13.6 Å². The molecule has 0 saturated heterocycles. The molecule has 0 atom stereocenters. The van der Waals surface area contributed by atoms with Crippen LogP contribution in [0.3, 0.4) is 0 Å². The number of aromatic nitrogens is 3. The summed E-state index contributed by atoms with van der Waals surface area (Å²) in [4.78, 5) is 4.31. The normalized spacial score (nSPS) is 9.94. The van der Waals surface area contributed by atoms with Crippen LogP contribution in [0.1, 0.15) is 17.0 Å².